The lowest BCUT2D eigenvalue weighted by atomic mass is 10.1. The highest BCUT2D eigenvalue weighted by atomic mass is 16.5. The Morgan fingerprint density at radius 1 is 1.44 bits per heavy atom. The van der Waals surface area contributed by atoms with Crippen molar-refractivity contribution in [2.45, 2.75) is 13.0 Å². The zero-order valence-electron chi connectivity index (χ0n) is 8.75. The van der Waals surface area contributed by atoms with E-state index in [9.17, 15) is 4.79 Å². The molecule has 1 atom stereocenters. The van der Waals surface area contributed by atoms with E-state index in [4.69, 9.17) is 9.84 Å². The maximum Gasteiger partial charge on any atom is 0.344 e. The molecule has 2 aromatic rings. The molecule has 1 aromatic heterocycles. The summed E-state index contributed by atoms with van der Waals surface area (Å²) < 4.78 is 5.35. The molecule has 0 aliphatic rings. The van der Waals surface area contributed by atoms with Gasteiger partial charge in [0.05, 0.1) is 0 Å². The predicted molar refractivity (Wildman–Crippen MR) is 59.5 cm³/mol. The number of ether oxygens (including phenoxy) is 1. The van der Waals surface area contributed by atoms with E-state index < -0.39 is 12.1 Å². The van der Waals surface area contributed by atoms with Crippen LogP contribution in [0.15, 0.2) is 36.7 Å². The van der Waals surface area contributed by atoms with Crippen LogP contribution in [0, 0.1) is 0 Å². The van der Waals surface area contributed by atoms with Crippen LogP contribution in [0.4, 0.5) is 0 Å². The lowest BCUT2D eigenvalue weighted by Crippen LogP contribution is -2.22. The Balaban J connectivity index is 2.41. The highest BCUT2D eigenvalue weighted by Gasteiger charge is 2.13. The van der Waals surface area contributed by atoms with Crippen LogP contribution < -0.4 is 4.74 Å². The molecule has 0 saturated carbocycles. The van der Waals surface area contributed by atoms with Gasteiger partial charge < -0.3 is 9.84 Å². The first-order chi connectivity index (χ1) is 7.68. The van der Waals surface area contributed by atoms with Gasteiger partial charge in [-0.1, -0.05) is 12.1 Å². The number of benzene rings is 1. The molecule has 0 aliphatic heterocycles. The topological polar surface area (TPSA) is 59.4 Å². The summed E-state index contributed by atoms with van der Waals surface area (Å²) in [6.07, 6.45) is 2.48. The number of aromatic nitrogens is 1. The zero-order chi connectivity index (χ0) is 11.5. The summed E-state index contributed by atoms with van der Waals surface area (Å²) in [6.45, 7) is 1.50. The van der Waals surface area contributed by atoms with Gasteiger partial charge in [-0.3, -0.25) is 4.98 Å². The summed E-state index contributed by atoms with van der Waals surface area (Å²) in [5, 5.41) is 10.6. The van der Waals surface area contributed by atoms with Crippen LogP contribution in [0.3, 0.4) is 0 Å². The average Bonchev–Trinajstić information content (AvgIpc) is 2.29. The second-order valence-electron chi connectivity index (χ2n) is 3.45. The Kier molecular flexibility index (Phi) is 2.72. The molecule has 1 aromatic carbocycles. The average molecular weight is 217 g/mol. The van der Waals surface area contributed by atoms with Crippen molar-refractivity contribution in [2.75, 3.05) is 0 Å². The van der Waals surface area contributed by atoms with Crippen molar-refractivity contribution in [3.63, 3.8) is 0 Å². The van der Waals surface area contributed by atoms with Crippen molar-refractivity contribution in [3.05, 3.63) is 36.7 Å². The van der Waals surface area contributed by atoms with Gasteiger partial charge in [-0.15, -0.1) is 0 Å². The summed E-state index contributed by atoms with van der Waals surface area (Å²) in [5.41, 5.74) is 0. The first kappa shape index (κ1) is 10.4. The first-order valence-corrected chi connectivity index (χ1v) is 4.90. The summed E-state index contributed by atoms with van der Waals surface area (Å²) >= 11 is 0. The van der Waals surface area contributed by atoms with Gasteiger partial charge in [0.25, 0.3) is 0 Å². The van der Waals surface area contributed by atoms with Gasteiger partial charge in [0, 0.05) is 17.8 Å². The van der Waals surface area contributed by atoms with Crippen LogP contribution in [0.25, 0.3) is 10.8 Å². The van der Waals surface area contributed by atoms with E-state index in [0.717, 1.165) is 10.8 Å². The van der Waals surface area contributed by atoms with Crippen LogP contribution >= 0.6 is 0 Å². The molecule has 1 unspecified atom stereocenters. The molecule has 0 bridgehead atoms. The number of rotatable bonds is 3. The molecule has 16 heavy (non-hydrogen) atoms. The fraction of sp³-hybridized carbons (Fsp3) is 0.167. The van der Waals surface area contributed by atoms with Crippen molar-refractivity contribution in [2.24, 2.45) is 0 Å². The standard InChI is InChI=1S/C12H11NO3/c1-8(12(14)15)16-11-4-2-3-9-5-6-13-7-10(9)11/h2-8H,1H3,(H,14,15). The second-order valence-corrected chi connectivity index (χ2v) is 3.45. The third-order valence-corrected chi connectivity index (χ3v) is 2.30. The van der Waals surface area contributed by atoms with Crippen molar-refractivity contribution in [3.8, 4) is 5.75 Å². The van der Waals surface area contributed by atoms with Crippen molar-refractivity contribution in [1.29, 1.82) is 0 Å². The highest BCUT2D eigenvalue weighted by Crippen LogP contribution is 2.25. The number of carbonyl (C=O) groups is 1. The monoisotopic (exact) mass is 217 g/mol. The molecule has 0 spiro atoms. The second kappa shape index (κ2) is 4.18. The third kappa shape index (κ3) is 1.95. The molecule has 4 heteroatoms. The smallest absolute Gasteiger partial charge is 0.344 e. The van der Waals surface area contributed by atoms with Gasteiger partial charge in [-0.05, 0) is 24.4 Å². The van der Waals surface area contributed by atoms with E-state index in [-0.39, 0.29) is 0 Å². The van der Waals surface area contributed by atoms with Gasteiger partial charge in [-0.2, -0.15) is 0 Å². The quantitative estimate of drug-likeness (QED) is 0.855. The van der Waals surface area contributed by atoms with E-state index >= 15 is 0 Å². The molecular formula is C12H11NO3. The number of carboxylic acid groups (broad SMARTS) is 1. The fourth-order valence-electron chi connectivity index (χ4n) is 1.43. The number of fused-ring (bicyclic) bond motifs is 1. The predicted octanol–water partition coefficient (Wildman–Crippen LogP) is 2.09. The van der Waals surface area contributed by atoms with Crippen molar-refractivity contribution >= 4 is 16.7 Å². The lowest BCUT2D eigenvalue weighted by molar-refractivity contribution is -0.144. The van der Waals surface area contributed by atoms with Crippen molar-refractivity contribution in [1.82, 2.24) is 4.98 Å². The van der Waals surface area contributed by atoms with Crippen LogP contribution in [0.2, 0.25) is 0 Å². The molecule has 1 heterocycles. The highest BCUT2D eigenvalue weighted by molar-refractivity contribution is 5.87. The van der Waals surface area contributed by atoms with E-state index in [1.54, 1.807) is 18.5 Å². The maximum atomic E-state index is 10.7. The van der Waals surface area contributed by atoms with Crippen LogP contribution in [-0.4, -0.2) is 22.2 Å². The van der Waals surface area contributed by atoms with Crippen molar-refractivity contribution < 1.29 is 14.6 Å². The largest absolute Gasteiger partial charge is 0.479 e. The molecule has 4 nitrogen and oxygen atoms in total. The Bertz CT molecular complexity index is 519. The minimum atomic E-state index is -0.985. The maximum absolute atomic E-state index is 10.7. The summed E-state index contributed by atoms with van der Waals surface area (Å²) in [4.78, 5) is 14.7. The zero-order valence-corrected chi connectivity index (χ0v) is 8.75. The number of hydrogen-bond donors (Lipinski definition) is 1. The third-order valence-electron chi connectivity index (χ3n) is 2.30. The van der Waals surface area contributed by atoms with E-state index in [2.05, 4.69) is 4.98 Å². The number of pyridine rings is 1. The van der Waals surface area contributed by atoms with Gasteiger partial charge in [0.15, 0.2) is 6.10 Å². The van der Waals surface area contributed by atoms with E-state index in [1.165, 1.54) is 6.92 Å². The molecule has 0 fully saturated rings. The molecular weight excluding hydrogens is 206 g/mol. The van der Waals surface area contributed by atoms with Crippen LogP contribution in [0.1, 0.15) is 6.92 Å². The van der Waals surface area contributed by atoms with E-state index in [1.807, 2.05) is 18.2 Å². The Hall–Kier alpha value is -2.10. The van der Waals surface area contributed by atoms with Gasteiger partial charge in [-0.25, -0.2) is 4.79 Å². The summed E-state index contributed by atoms with van der Waals surface area (Å²) in [5.74, 6) is -0.443. The fourth-order valence-corrected chi connectivity index (χ4v) is 1.43. The van der Waals surface area contributed by atoms with Gasteiger partial charge >= 0.3 is 5.97 Å². The summed E-state index contributed by atoms with van der Waals surface area (Å²) in [7, 11) is 0. The van der Waals surface area contributed by atoms with Gasteiger partial charge in [0.2, 0.25) is 0 Å². The minimum Gasteiger partial charge on any atom is -0.479 e. The Morgan fingerprint density at radius 3 is 3.00 bits per heavy atom. The SMILES string of the molecule is CC(Oc1cccc2ccncc12)C(=O)O. The minimum absolute atomic E-state index is 0.542. The first-order valence-electron chi connectivity index (χ1n) is 4.90. The Morgan fingerprint density at radius 2 is 2.25 bits per heavy atom. The van der Waals surface area contributed by atoms with Crippen LogP contribution in [0.5, 0.6) is 5.75 Å². The normalized spacial score (nSPS) is 12.3. The number of aliphatic carboxylic acids is 1. The molecule has 0 amide bonds. The Labute approximate surface area is 92.5 Å². The summed E-state index contributed by atoms with van der Waals surface area (Å²) in [6, 6.07) is 7.35. The molecule has 0 radical (unpaired) electrons. The number of hydrogen-bond acceptors (Lipinski definition) is 3. The van der Waals surface area contributed by atoms with Gasteiger partial charge in [0.1, 0.15) is 5.75 Å². The number of carboxylic acids is 1. The molecule has 0 saturated heterocycles. The van der Waals surface area contributed by atoms with E-state index in [0.29, 0.717) is 5.75 Å². The number of nitrogens with zero attached hydrogens (tertiary/aromatic N) is 1. The molecule has 82 valence electrons. The van der Waals surface area contributed by atoms with Crippen LogP contribution in [-0.2, 0) is 4.79 Å². The molecule has 1 N–H and O–H groups in total. The molecule has 2 rings (SSSR count). The molecule has 0 aliphatic carbocycles. The lowest BCUT2D eigenvalue weighted by Gasteiger charge is -2.12.